The molecule has 0 saturated heterocycles. The highest BCUT2D eigenvalue weighted by atomic mass is 19.3. The smallest absolute Gasteiger partial charge is 0.326 e. The molecule has 2 aromatic heterocycles. The van der Waals surface area contributed by atoms with Gasteiger partial charge in [-0.05, 0) is 68.8 Å². The van der Waals surface area contributed by atoms with Crippen LogP contribution in [0.25, 0.3) is 10.9 Å². The molecule has 0 spiro atoms. The summed E-state index contributed by atoms with van der Waals surface area (Å²) >= 11 is 0. The van der Waals surface area contributed by atoms with Gasteiger partial charge in [-0.25, -0.2) is 28.5 Å². The lowest BCUT2D eigenvalue weighted by Gasteiger charge is -2.43. The minimum Gasteiger partial charge on any atom is -0.480 e. The zero-order chi connectivity index (χ0) is 26.5. The summed E-state index contributed by atoms with van der Waals surface area (Å²) in [6.45, 7) is 2.01. The van der Waals surface area contributed by atoms with Crippen LogP contribution in [0.2, 0.25) is 0 Å². The van der Waals surface area contributed by atoms with Crippen molar-refractivity contribution in [2.24, 2.45) is 0 Å². The Morgan fingerprint density at radius 1 is 1.16 bits per heavy atom. The Labute approximate surface area is 220 Å². The third-order valence-corrected chi connectivity index (χ3v) is 7.52. The van der Waals surface area contributed by atoms with E-state index in [4.69, 9.17) is 4.98 Å². The molecule has 0 amide bonds. The number of pyridine rings is 1. The fourth-order valence-electron chi connectivity index (χ4n) is 5.33. The van der Waals surface area contributed by atoms with Gasteiger partial charge in [0.25, 0.3) is 5.92 Å². The third-order valence-electron chi connectivity index (χ3n) is 7.52. The molecule has 1 unspecified atom stereocenters. The number of para-hydroxylation sites is 1. The number of carboxylic acid groups (broad SMARTS) is 1. The molecule has 3 aromatic rings. The van der Waals surface area contributed by atoms with Crippen LogP contribution >= 0.6 is 0 Å². The van der Waals surface area contributed by atoms with E-state index in [2.05, 4.69) is 32.7 Å². The lowest BCUT2D eigenvalue weighted by atomic mass is 9.86. The Morgan fingerprint density at radius 2 is 2.00 bits per heavy atom. The number of aryl methyl sites for hydroxylation is 2. The van der Waals surface area contributed by atoms with Crippen molar-refractivity contribution in [3.8, 4) is 0 Å². The molecular formula is C28H34F2N6O2. The molecule has 1 aromatic carbocycles. The molecule has 1 fully saturated rings. The van der Waals surface area contributed by atoms with E-state index in [9.17, 15) is 18.7 Å². The average Bonchev–Trinajstić information content (AvgIpc) is 2.90. The second-order valence-corrected chi connectivity index (χ2v) is 10.3. The van der Waals surface area contributed by atoms with Crippen molar-refractivity contribution in [2.45, 2.75) is 69.4 Å². The first-order valence-corrected chi connectivity index (χ1v) is 13.4. The molecule has 8 nitrogen and oxygen atoms in total. The predicted octanol–water partition coefficient (Wildman–Crippen LogP) is 4.76. The van der Waals surface area contributed by atoms with Crippen molar-refractivity contribution in [1.82, 2.24) is 19.9 Å². The number of benzene rings is 1. The molecule has 2 aliphatic rings. The van der Waals surface area contributed by atoms with E-state index in [1.165, 1.54) is 11.9 Å². The topological polar surface area (TPSA) is 103 Å². The highest BCUT2D eigenvalue weighted by Crippen LogP contribution is 2.40. The van der Waals surface area contributed by atoms with Crippen molar-refractivity contribution >= 4 is 28.5 Å². The highest BCUT2D eigenvalue weighted by Gasteiger charge is 2.47. The zero-order valence-corrected chi connectivity index (χ0v) is 21.4. The second-order valence-electron chi connectivity index (χ2n) is 10.3. The fourth-order valence-corrected chi connectivity index (χ4v) is 5.33. The van der Waals surface area contributed by atoms with Crippen molar-refractivity contribution < 1.29 is 18.7 Å². The first-order valence-electron chi connectivity index (χ1n) is 13.4. The lowest BCUT2D eigenvalue weighted by Crippen LogP contribution is -2.52. The van der Waals surface area contributed by atoms with E-state index < -0.39 is 17.9 Å². The van der Waals surface area contributed by atoms with Crippen molar-refractivity contribution in [3.05, 3.63) is 54.0 Å². The maximum Gasteiger partial charge on any atom is 0.326 e. The first kappa shape index (κ1) is 26.2. The van der Waals surface area contributed by atoms with Gasteiger partial charge >= 0.3 is 5.97 Å². The number of carboxylic acids is 1. The molecule has 0 bridgehead atoms. The van der Waals surface area contributed by atoms with Crippen LogP contribution in [0.1, 0.15) is 49.8 Å². The number of unbranched alkanes of at least 4 members (excludes halogenated alkanes) is 1. The number of halogens is 2. The molecule has 1 aliphatic carbocycles. The normalized spacial score (nSPS) is 17.4. The van der Waals surface area contributed by atoms with E-state index in [0.717, 1.165) is 61.1 Å². The van der Waals surface area contributed by atoms with Gasteiger partial charge in [0.1, 0.15) is 24.0 Å². The summed E-state index contributed by atoms with van der Waals surface area (Å²) in [7, 11) is 0. The minimum absolute atomic E-state index is 0.174. The van der Waals surface area contributed by atoms with Crippen molar-refractivity contribution in [3.63, 3.8) is 0 Å². The first-order chi connectivity index (χ1) is 18.4. The van der Waals surface area contributed by atoms with Crippen LogP contribution < -0.4 is 10.6 Å². The zero-order valence-electron chi connectivity index (χ0n) is 21.4. The van der Waals surface area contributed by atoms with E-state index in [-0.39, 0.29) is 25.3 Å². The maximum absolute atomic E-state index is 13.7. The fraction of sp³-hybridized carbons (Fsp3) is 0.500. The molecule has 1 atom stereocenters. The maximum atomic E-state index is 13.7. The van der Waals surface area contributed by atoms with Crippen LogP contribution in [0, 0.1) is 0 Å². The van der Waals surface area contributed by atoms with E-state index in [1.54, 1.807) is 0 Å². The van der Waals surface area contributed by atoms with Gasteiger partial charge in [0.2, 0.25) is 0 Å². The van der Waals surface area contributed by atoms with Crippen LogP contribution in [0.3, 0.4) is 0 Å². The quantitative estimate of drug-likeness (QED) is 0.292. The predicted molar refractivity (Wildman–Crippen MR) is 143 cm³/mol. The highest BCUT2D eigenvalue weighted by molar-refractivity contribution is 5.90. The van der Waals surface area contributed by atoms with Gasteiger partial charge in [-0.2, -0.15) is 0 Å². The number of nitrogens with one attached hydrogen (secondary N) is 2. The monoisotopic (exact) mass is 524 g/mol. The molecule has 3 N–H and O–H groups in total. The van der Waals surface area contributed by atoms with Crippen LogP contribution in [-0.2, 0) is 17.6 Å². The summed E-state index contributed by atoms with van der Waals surface area (Å²) in [5.41, 5.74) is 3.01. The van der Waals surface area contributed by atoms with Crippen LogP contribution in [0.15, 0.2) is 42.7 Å². The third kappa shape index (κ3) is 6.35. The molecule has 3 heterocycles. The summed E-state index contributed by atoms with van der Waals surface area (Å²) in [6, 6.07) is 10.5. The Morgan fingerprint density at radius 3 is 2.82 bits per heavy atom. The second kappa shape index (κ2) is 11.6. The summed E-state index contributed by atoms with van der Waals surface area (Å²) in [5, 5.41) is 17.0. The van der Waals surface area contributed by atoms with E-state index in [0.29, 0.717) is 18.9 Å². The van der Waals surface area contributed by atoms with Crippen molar-refractivity contribution in [1.29, 1.82) is 0 Å². The summed E-state index contributed by atoms with van der Waals surface area (Å²) in [5.74, 6) is -2.20. The Hall–Kier alpha value is -3.40. The molecule has 5 rings (SSSR count). The summed E-state index contributed by atoms with van der Waals surface area (Å²) in [6.07, 6.45) is 6.04. The van der Waals surface area contributed by atoms with Crippen LogP contribution in [-0.4, -0.2) is 68.6 Å². The van der Waals surface area contributed by atoms with Gasteiger partial charge in [0.15, 0.2) is 0 Å². The molecule has 38 heavy (non-hydrogen) atoms. The molecule has 1 saturated carbocycles. The lowest BCUT2D eigenvalue weighted by molar-refractivity contribution is -0.139. The Balaban J connectivity index is 1.18. The Bertz CT molecular complexity index is 1260. The molecular weight excluding hydrogens is 490 g/mol. The average molecular weight is 525 g/mol. The van der Waals surface area contributed by atoms with Gasteiger partial charge in [-0.3, -0.25) is 4.90 Å². The van der Waals surface area contributed by atoms with Gasteiger partial charge in [-0.1, -0.05) is 18.2 Å². The van der Waals surface area contributed by atoms with E-state index in [1.807, 2.05) is 29.2 Å². The number of hydrogen-bond donors (Lipinski definition) is 3. The SMILES string of the molecule is O=C(O)C(CCN(CCCCc1ccc2c(n1)NCCC2)C1CC(F)(F)C1)Nc1ncnc2ccccc12. The summed E-state index contributed by atoms with van der Waals surface area (Å²) in [4.78, 5) is 27.3. The molecule has 1 aliphatic heterocycles. The number of aliphatic carboxylic acids is 1. The number of anilines is 2. The number of carbonyl (C=O) groups is 1. The van der Waals surface area contributed by atoms with Crippen LogP contribution in [0.4, 0.5) is 20.4 Å². The van der Waals surface area contributed by atoms with Gasteiger partial charge < -0.3 is 15.7 Å². The standard InChI is InChI=1S/C28H34F2N6O2/c29-28(30)16-21(17-28)36(14-4-3-7-20-11-10-19-6-5-13-31-25(19)34-20)15-12-24(27(37)38)35-26-22-8-1-2-9-23(22)32-18-33-26/h1-2,8-11,18,21,24H,3-7,12-17H2,(H,31,34)(H,37,38)(H,32,33,35). The number of nitrogens with zero attached hydrogens (tertiary/aromatic N) is 4. The molecule has 202 valence electrons. The number of rotatable bonds is 12. The van der Waals surface area contributed by atoms with E-state index >= 15 is 0 Å². The van der Waals surface area contributed by atoms with Gasteiger partial charge in [0, 0.05) is 43.1 Å². The number of aromatic nitrogens is 3. The largest absolute Gasteiger partial charge is 0.480 e. The van der Waals surface area contributed by atoms with Crippen LogP contribution in [0.5, 0.6) is 0 Å². The van der Waals surface area contributed by atoms with Gasteiger partial charge in [0.05, 0.1) is 5.52 Å². The molecule has 0 radical (unpaired) electrons. The summed E-state index contributed by atoms with van der Waals surface area (Å²) < 4.78 is 27.4. The van der Waals surface area contributed by atoms with Gasteiger partial charge in [-0.15, -0.1) is 0 Å². The Kier molecular flexibility index (Phi) is 7.97. The molecule has 10 heteroatoms. The number of alkyl halides is 2. The number of fused-ring (bicyclic) bond motifs is 2. The number of hydrogen-bond acceptors (Lipinski definition) is 7. The minimum atomic E-state index is -2.63. The van der Waals surface area contributed by atoms with Crippen molar-refractivity contribution in [2.75, 3.05) is 30.3 Å².